The van der Waals surface area contributed by atoms with E-state index in [-0.39, 0.29) is 0 Å². The lowest BCUT2D eigenvalue weighted by Gasteiger charge is -2.14. The van der Waals surface area contributed by atoms with Gasteiger partial charge in [0.15, 0.2) is 0 Å². The van der Waals surface area contributed by atoms with Gasteiger partial charge < -0.3 is 4.74 Å². The Bertz CT molecular complexity index is 590. The average Bonchev–Trinajstić information content (AvgIpc) is 2.81. The number of hydrogen-bond acceptors (Lipinski definition) is 1. The smallest absolute Gasteiger partial charge is 0.123 e. The van der Waals surface area contributed by atoms with Gasteiger partial charge in [0.05, 0.1) is 6.61 Å². The molecule has 0 amide bonds. The van der Waals surface area contributed by atoms with E-state index < -0.39 is 0 Å². The number of fused-ring (bicyclic) bond motifs is 1. The van der Waals surface area contributed by atoms with Crippen molar-refractivity contribution in [2.75, 3.05) is 6.61 Å². The van der Waals surface area contributed by atoms with Gasteiger partial charge in [0.1, 0.15) is 5.75 Å². The second-order valence-corrected chi connectivity index (χ2v) is 5.61. The minimum atomic E-state index is 0.359. The summed E-state index contributed by atoms with van der Waals surface area (Å²) < 4.78 is 7.06. The van der Waals surface area contributed by atoms with Crippen LogP contribution >= 0.6 is 15.9 Å². The van der Waals surface area contributed by atoms with Gasteiger partial charge >= 0.3 is 0 Å². The Morgan fingerprint density at radius 2 is 1.89 bits per heavy atom. The molecular weight excluding hydrogens is 288 g/mol. The van der Waals surface area contributed by atoms with Gasteiger partial charge in [-0.2, -0.15) is 0 Å². The highest BCUT2D eigenvalue weighted by atomic mass is 79.9. The summed E-state index contributed by atoms with van der Waals surface area (Å²) in [4.78, 5) is 0. The van der Waals surface area contributed by atoms with Gasteiger partial charge in [0, 0.05) is 16.0 Å². The van der Waals surface area contributed by atoms with Gasteiger partial charge in [0.2, 0.25) is 0 Å². The minimum absolute atomic E-state index is 0.359. The predicted molar refractivity (Wildman–Crippen MR) is 77.4 cm³/mol. The van der Waals surface area contributed by atoms with E-state index in [1.165, 1.54) is 26.7 Å². The van der Waals surface area contributed by atoms with Crippen molar-refractivity contribution in [1.82, 2.24) is 0 Å². The lowest BCUT2D eigenvalue weighted by atomic mass is 9.89. The van der Waals surface area contributed by atoms with E-state index in [2.05, 4.69) is 66.2 Å². The average molecular weight is 303 g/mol. The largest absolute Gasteiger partial charge is 0.492 e. The molecule has 18 heavy (non-hydrogen) atoms. The third-order valence-electron chi connectivity index (χ3n) is 3.65. The van der Waals surface area contributed by atoms with Crippen LogP contribution < -0.4 is 4.74 Å². The Morgan fingerprint density at radius 3 is 2.61 bits per heavy atom. The molecule has 3 rings (SSSR count). The zero-order chi connectivity index (χ0) is 12.7. The van der Waals surface area contributed by atoms with E-state index in [1.807, 2.05) is 0 Å². The maximum absolute atomic E-state index is 5.86. The molecule has 1 nitrogen and oxygen atoms in total. The fourth-order valence-electron chi connectivity index (χ4n) is 2.69. The number of rotatable bonds is 1. The van der Waals surface area contributed by atoms with Crippen molar-refractivity contribution < 1.29 is 4.74 Å². The summed E-state index contributed by atoms with van der Waals surface area (Å²) in [5, 5.41) is 0. The van der Waals surface area contributed by atoms with E-state index in [0.29, 0.717) is 5.92 Å². The van der Waals surface area contributed by atoms with Crippen molar-refractivity contribution in [3.63, 3.8) is 0 Å². The zero-order valence-electron chi connectivity index (χ0n) is 10.5. The van der Waals surface area contributed by atoms with Gasteiger partial charge in [-0.15, -0.1) is 0 Å². The van der Waals surface area contributed by atoms with Gasteiger partial charge in [-0.1, -0.05) is 46.3 Å². The highest BCUT2D eigenvalue weighted by Gasteiger charge is 2.28. The second-order valence-electron chi connectivity index (χ2n) is 4.82. The summed E-state index contributed by atoms with van der Waals surface area (Å²) in [7, 11) is 0. The Labute approximate surface area is 116 Å². The van der Waals surface area contributed by atoms with Gasteiger partial charge in [-0.3, -0.25) is 0 Å². The molecule has 0 fully saturated rings. The third-order valence-corrected chi connectivity index (χ3v) is 4.87. The van der Waals surface area contributed by atoms with Crippen molar-refractivity contribution in [2.24, 2.45) is 0 Å². The highest BCUT2D eigenvalue weighted by molar-refractivity contribution is 9.10. The Hall–Kier alpha value is -1.28. The number of halogens is 1. The Kier molecular flexibility index (Phi) is 2.90. The van der Waals surface area contributed by atoms with Crippen molar-refractivity contribution in [3.05, 3.63) is 63.1 Å². The van der Waals surface area contributed by atoms with Crippen molar-refractivity contribution >= 4 is 15.9 Å². The highest BCUT2D eigenvalue weighted by Crippen LogP contribution is 2.43. The SMILES string of the molecule is Cc1cc2c(c(C)c1Br)[C@@H](c1ccccc1)CO2. The van der Waals surface area contributed by atoms with Gasteiger partial charge in [-0.25, -0.2) is 0 Å². The van der Waals surface area contributed by atoms with E-state index >= 15 is 0 Å². The van der Waals surface area contributed by atoms with Crippen LogP contribution in [0, 0.1) is 13.8 Å². The standard InChI is InChI=1S/C16H15BrO/c1-10-8-14-15(11(2)16(10)17)13(9-18-14)12-6-4-3-5-7-12/h3-8,13H,9H2,1-2H3/t13-/m1/s1. The molecule has 1 heterocycles. The molecule has 1 aliphatic heterocycles. The van der Waals surface area contributed by atoms with Crippen LogP contribution in [0.25, 0.3) is 0 Å². The molecule has 2 heteroatoms. The topological polar surface area (TPSA) is 9.23 Å². The molecule has 2 aromatic carbocycles. The molecule has 0 bridgehead atoms. The van der Waals surface area contributed by atoms with Gasteiger partial charge in [-0.05, 0) is 36.6 Å². The second kappa shape index (κ2) is 4.43. The van der Waals surface area contributed by atoms with Crippen LogP contribution in [-0.2, 0) is 0 Å². The Balaban J connectivity index is 2.15. The van der Waals surface area contributed by atoms with E-state index in [0.717, 1.165) is 12.4 Å². The summed E-state index contributed by atoms with van der Waals surface area (Å²) in [5.41, 5.74) is 5.20. The van der Waals surface area contributed by atoms with Crippen LogP contribution in [0.15, 0.2) is 40.9 Å². The third kappa shape index (κ3) is 1.76. The summed E-state index contributed by atoms with van der Waals surface area (Å²) in [6, 6.07) is 12.7. The molecule has 0 unspecified atom stereocenters. The van der Waals surface area contributed by atoms with E-state index in [4.69, 9.17) is 4.74 Å². The van der Waals surface area contributed by atoms with E-state index in [9.17, 15) is 0 Å². The van der Waals surface area contributed by atoms with Crippen LogP contribution in [0.2, 0.25) is 0 Å². The number of ether oxygens (including phenoxy) is 1. The fourth-order valence-corrected chi connectivity index (χ4v) is 3.02. The van der Waals surface area contributed by atoms with Crippen molar-refractivity contribution in [2.45, 2.75) is 19.8 Å². The van der Waals surface area contributed by atoms with Crippen LogP contribution in [0.5, 0.6) is 5.75 Å². The quantitative estimate of drug-likeness (QED) is 0.748. The first-order chi connectivity index (χ1) is 8.68. The monoisotopic (exact) mass is 302 g/mol. The molecule has 0 saturated heterocycles. The Morgan fingerprint density at radius 1 is 1.17 bits per heavy atom. The molecule has 1 atom stereocenters. The molecule has 92 valence electrons. The molecule has 0 aliphatic carbocycles. The van der Waals surface area contributed by atoms with Crippen LogP contribution in [0.1, 0.15) is 28.2 Å². The summed E-state index contributed by atoms with van der Waals surface area (Å²) >= 11 is 3.68. The predicted octanol–water partition coefficient (Wildman–Crippen LogP) is 4.59. The molecule has 1 aliphatic rings. The number of hydrogen-bond donors (Lipinski definition) is 0. The normalized spacial score (nSPS) is 17.4. The molecule has 0 spiro atoms. The molecule has 2 aromatic rings. The molecule has 0 saturated carbocycles. The molecular formula is C16H15BrO. The molecule has 0 aromatic heterocycles. The number of aryl methyl sites for hydroxylation is 1. The number of benzene rings is 2. The van der Waals surface area contributed by atoms with Crippen molar-refractivity contribution in [3.8, 4) is 5.75 Å². The lowest BCUT2D eigenvalue weighted by Crippen LogP contribution is -2.03. The molecule has 0 N–H and O–H groups in total. The summed E-state index contributed by atoms with van der Waals surface area (Å²) in [6.07, 6.45) is 0. The lowest BCUT2D eigenvalue weighted by molar-refractivity contribution is 0.343. The first-order valence-electron chi connectivity index (χ1n) is 6.16. The van der Waals surface area contributed by atoms with Crippen LogP contribution in [-0.4, -0.2) is 6.61 Å². The van der Waals surface area contributed by atoms with E-state index in [1.54, 1.807) is 0 Å². The first kappa shape index (κ1) is 11.8. The maximum Gasteiger partial charge on any atom is 0.123 e. The molecule has 0 radical (unpaired) electrons. The summed E-state index contributed by atoms with van der Waals surface area (Å²) in [6.45, 7) is 5.02. The van der Waals surface area contributed by atoms with Crippen LogP contribution in [0.3, 0.4) is 0 Å². The minimum Gasteiger partial charge on any atom is -0.492 e. The first-order valence-corrected chi connectivity index (χ1v) is 6.95. The van der Waals surface area contributed by atoms with Crippen LogP contribution in [0.4, 0.5) is 0 Å². The van der Waals surface area contributed by atoms with Crippen molar-refractivity contribution in [1.29, 1.82) is 0 Å². The fraction of sp³-hybridized carbons (Fsp3) is 0.250. The maximum atomic E-state index is 5.86. The zero-order valence-corrected chi connectivity index (χ0v) is 12.1. The summed E-state index contributed by atoms with van der Waals surface area (Å²) in [5.74, 6) is 1.40. The van der Waals surface area contributed by atoms with Gasteiger partial charge in [0.25, 0.3) is 0 Å².